The van der Waals surface area contributed by atoms with Crippen LogP contribution in [0.1, 0.15) is 13.8 Å². The fourth-order valence-electron chi connectivity index (χ4n) is 2.48. The van der Waals surface area contributed by atoms with Crippen molar-refractivity contribution in [3.05, 3.63) is 54.3 Å². The van der Waals surface area contributed by atoms with Gasteiger partial charge in [0.1, 0.15) is 11.9 Å². The Balaban J connectivity index is 2.19. The van der Waals surface area contributed by atoms with E-state index >= 15 is 0 Å². The van der Waals surface area contributed by atoms with Gasteiger partial charge in [0.2, 0.25) is 21.8 Å². The van der Waals surface area contributed by atoms with Crippen molar-refractivity contribution in [2.24, 2.45) is 0 Å². The number of hydrogen-bond donors (Lipinski definition) is 2. The average Bonchev–Trinajstić information content (AvgIpc) is 2.57. The van der Waals surface area contributed by atoms with Crippen LogP contribution in [0, 0.1) is 5.82 Å². The van der Waals surface area contributed by atoms with Gasteiger partial charge in [-0.25, -0.2) is 12.8 Å². The van der Waals surface area contributed by atoms with Gasteiger partial charge in [-0.1, -0.05) is 0 Å². The smallest absolute Gasteiger partial charge is 0.247 e. The number of rotatable bonds is 6. The molecule has 0 heterocycles. The Morgan fingerprint density at radius 3 is 1.89 bits per heavy atom. The van der Waals surface area contributed by atoms with Crippen LogP contribution in [0.15, 0.2) is 48.5 Å². The maximum atomic E-state index is 13.1. The number of halogens is 1. The highest BCUT2D eigenvalue weighted by atomic mass is 32.2. The van der Waals surface area contributed by atoms with E-state index in [0.29, 0.717) is 11.4 Å². The summed E-state index contributed by atoms with van der Waals surface area (Å²) in [6, 6.07) is 10.1. The summed E-state index contributed by atoms with van der Waals surface area (Å²) < 4.78 is 38.4. The van der Waals surface area contributed by atoms with Crippen LogP contribution < -0.4 is 14.9 Å². The number of benzene rings is 2. The fourth-order valence-corrected chi connectivity index (χ4v) is 3.66. The molecule has 0 aliphatic heterocycles. The summed E-state index contributed by atoms with van der Waals surface area (Å²) in [7, 11) is -3.78. The first kappa shape index (κ1) is 20.4. The summed E-state index contributed by atoms with van der Waals surface area (Å²) in [6.45, 7) is 2.82. The molecule has 2 N–H and O–H groups in total. The van der Waals surface area contributed by atoms with Crippen molar-refractivity contribution < 1.29 is 22.4 Å². The summed E-state index contributed by atoms with van der Waals surface area (Å²) in [4.78, 5) is 23.6. The van der Waals surface area contributed by atoms with Crippen molar-refractivity contribution in [2.45, 2.75) is 19.9 Å². The van der Waals surface area contributed by atoms with Gasteiger partial charge in [0.15, 0.2) is 0 Å². The van der Waals surface area contributed by atoms with Gasteiger partial charge in [0.05, 0.1) is 11.9 Å². The van der Waals surface area contributed by atoms with Gasteiger partial charge in [-0.15, -0.1) is 0 Å². The molecule has 0 saturated heterocycles. The SMILES string of the molecule is CC(=O)Nc1ccc(NC(=O)[C@H](C)N(c2ccc(F)cc2)S(C)(=O)=O)cc1. The van der Waals surface area contributed by atoms with Crippen molar-refractivity contribution in [3.63, 3.8) is 0 Å². The van der Waals surface area contributed by atoms with Gasteiger partial charge in [-0.2, -0.15) is 0 Å². The molecule has 0 fully saturated rings. The van der Waals surface area contributed by atoms with Crippen molar-refractivity contribution in [1.82, 2.24) is 0 Å². The maximum Gasteiger partial charge on any atom is 0.247 e. The van der Waals surface area contributed by atoms with E-state index in [-0.39, 0.29) is 11.6 Å². The first-order valence-corrected chi connectivity index (χ1v) is 9.86. The minimum Gasteiger partial charge on any atom is -0.326 e. The average molecular weight is 393 g/mol. The molecule has 2 amide bonds. The first-order chi connectivity index (χ1) is 12.6. The van der Waals surface area contributed by atoms with Gasteiger partial charge >= 0.3 is 0 Å². The highest BCUT2D eigenvalue weighted by Gasteiger charge is 2.29. The van der Waals surface area contributed by atoms with E-state index < -0.39 is 27.8 Å². The largest absolute Gasteiger partial charge is 0.326 e. The third-order valence-corrected chi connectivity index (χ3v) is 4.88. The molecule has 27 heavy (non-hydrogen) atoms. The van der Waals surface area contributed by atoms with Crippen molar-refractivity contribution >= 4 is 38.9 Å². The van der Waals surface area contributed by atoms with Gasteiger partial charge in [0.25, 0.3) is 0 Å². The molecular formula is C18H20FN3O4S. The molecule has 0 radical (unpaired) electrons. The third kappa shape index (κ3) is 5.52. The minimum atomic E-state index is -3.78. The zero-order valence-electron chi connectivity index (χ0n) is 15.1. The maximum absolute atomic E-state index is 13.1. The normalized spacial score (nSPS) is 12.1. The number of nitrogens with one attached hydrogen (secondary N) is 2. The summed E-state index contributed by atoms with van der Waals surface area (Å²) in [5.41, 5.74) is 1.19. The van der Waals surface area contributed by atoms with Crippen LogP contribution in [0.25, 0.3) is 0 Å². The summed E-state index contributed by atoms with van der Waals surface area (Å²) >= 11 is 0. The lowest BCUT2D eigenvalue weighted by Crippen LogP contribution is -2.45. The Kier molecular flexibility index (Phi) is 6.17. The van der Waals surface area contributed by atoms with Crippen LogP contribution in [0.5, 0.6) is 0 Å². The minimum absolute atomic E-state index is 0.183. The molecule has 0 spiro atoms. The van der Waals surface area contributed by atoms with Crippen LogP contribution in [0.3, 0.4) is 0 Å². The lowest BCUT2D eigenvalue weighted by Gasteiger charge is -2.28. The van der Waals surface area contributed by atoms with E-state index in [1.54, 1.807) is 24.3 Å². The molecule has 0 saturated carbocycles. The molecule has 2 rings (SSSR count). The Hall–Kier alpha value is -2.94. The number of anilines is 3. The number of carbonyl (C=O) groups excluding carboxylic acids is 2. The van der Waals surface area contributed by atoms with Crippen LogP contribution in [0.2, 0.25) is 0 Å². The lowest BCUT2D eigenvalue weighted by atomic mass is 10.2. The molecule has 0 unspecified atom stereocenters. The molecule has 144 valence electrons. The predicted molar refractivity (Wildman–Crippen MR) is 103 cm³/mol. The summed E-state index contributed by atoms with van der Waals surface area (Å²) in [6.07, 6.45) is 0.975. The molecule has 0 aliphatic carbocycles. The number of sulfonamides is 1. The standard InChI is InChI=1S/C18H20FN3O4S/c1-12(22(27(3,25)26)17-10-4-14(19)5-11-17)18(24)21-16-8-6-15(7-9-16)20-13(2)23/h4-12H,1-3H3,(H,20,23)(H,21,24)/t12-/m0/s1. The second-order valence-electron chi connectivity index (χ2n) is 5.96. The number of nitrogens with zero attached hydrogens (tertiary/aromatic N) is 1. The third-order valence-electron chi connectivity index (χ3n) is 3.64. The zero-order chi connectivity index (χ0) is 20.2. The van der Waals surface area contributed by atoms with E-state index in [2.05, 4.69) is 10.6 Å². The predicted octanol–water partition coefficient (Wildman–Crippen LogP) is 2.58. The van der Waals surface area contributed by atoms with Crippen molar-refractivity contribution in [2.75, 3.05) is 21.2 Å². The van der Waals surface area contributed by atoms with Crippen molar-refractivity contribution in [1.29, 1.82) is 0 Å². The first-order valence-electron chi connectivity index (χ1n) is 8.01. The van der Waals surface area contributed by atoms with Gasteiger partial charge in [-0.3, -0.25) is 13.9 Å². The number of carbonyl (C=O) groups is 2. The molecular weight excluding hydrogens is 373 g/mol. The topological polar surface area (TPSA) is 95.6 Å². The summed E-state index contributed by atoms with van der Waals surface area (Å²) in [5.74, 6) is -1.29. The Morgan fingerprint density at radius 1 is 0.963 bits per heavy atom. The van der Waals surface area contributed by atoms with E-state index in [4.69, 9.17) is 0 Å². The Labute approximate surface area is 157 Å². The molecule has 0 aromatic heterocycles. The van der Waals surface area contributed by atoms with Gasteiger partial charge < -0.3 is 10.6 Å². The van der Waals surface area contributed by atoms with E-state index in [0.717, 1.165) is 22.7 Å². The lowest BCUT2D eigenvalue weighted by molar-refractivity contribution is -0.117. The van der Waals surface area contributed by atoms with Crippen molar-refractivity contribution in [3.8, 4) is 0 Å². The summed E-state index contributed by atoms with van der Waals surface area (Å²) in [5, 5.41) is 5.23. The molecule has 0 aliphatic rings. The zero-order valence-corrected chi connectivity index (χ0v) is 15.9. The van der Waals surface area contributed by atoms with Crippen LogP contribution >= 0.6 is 0 Å². The number of amides is 2. The van der Waals surface area contributed by atoms with E-state index in [1.807, 2.05) is 0 Å². The molecule has 7 nitrogen and oxygen atoms in total. The second-order valence-corrected chi connectivity index (χ2v) is 7.82. The Bertz CT molecular complexity index is 928. The van der Waals surface area contributed by atoms with Gasteiger partial charge in [0, 0.05) is 18.3 Å². The second kappa shape index (κ2) is 8.17. The monoisotopic (exact) mass is 393 g/mol. The highest BCUT2D eigenvalue weighted by molar-refractivity contribution is 7.92. The quantitative estimate of drug-likeness (QED) is 0.788. The molecule has 1 atom stereocenters. The molecule has 2 aromatic rings. The van der Waals surface area contributed by atoms with E-state index in [1.165, 1.54) is 26.0 Å². The fraction of sp³-hybridized carbons (Fsp3) is 0.222. The molecule has 9 heteroatoms. The highest BCUT2D eigenvalue weighted by Crippen LogP contribution is 2.22. The Morgan fingerprint density at radius 2 is 1.44 bits per heavy atom. The molecule has 0 bridgehead atoms. The van der Waals surface area contributed by atoms with Crippen LogP contribution in [-0.4, -0.2) is 32.5 Å². The molecule has 2 aromatic carbocycles. The van der Waals surface area contributed by atoms with Crippen LogP contribution in [0.4, 0.5) is 21.5 Å². The van der Waals surface area contributed by atoms with Gasteiger partial charge in [-0.05, 0) is 55.5 Å². The van der Waals surface area contributed by atoms with Crippen LogP contribution in [-0.2, 0) is 19.6 Å². The number of hydrogen-bond acceptors (Lipinski definition) is 4. The van der Waals surface area contributed by atoms with E-state index in [9.17, 15) is 22.4 Å².